The highest BCUT2D eigenvalue weighted by Gasteiger charge is 2.16. The summed E-state index contributed by atoms with van der Waals surface area (Å²) < 4.78 is 4.13. The average Bonchev–Trinajstić information content (AvgIpc) is 2.73. The summed E-state index contributed by atoms with van der Waals surface area (Å²) >= 11 is 2.81. The van der Waals surface area contributed by atoms with Crippen LogP contribution in [0.4, 0.5) is 0 Å². The van der Waals surface area contributed by atoms with Gasteiger partial charge in [0, 0.05) is 11.1 Å². The molecule has 0 spiro atoms. The Morgan fingerprint density at radius 1 is 1.36 bits per heavy atom. The van der Waals surface area contributed by atoms with Crippen LogP contribution in [0.15, 0.2) is 11.4 Å². The third-order valence-electron chi connectivity index (χ3n) is 1.79. The molecule has 14 heavy (non-hydrogen) atoms. The van der Waals surface area contributed by atoms with Crippen molar-refractivity contribution in [3.63, 3.8) is 0 Å². The molecule has 1 atom stereocenters. The van der Waals surface area contributed by atoms with Gasteiger partial charge in [-0.05, 0) is 31.4 Å². The maximum absolute atomic E-state index is 9.94. The highest BCUT2D eigenvalue weighted by molar-refractivity contribution is 7.10. The molecular formula is C9H10N2OS2. The number of hydrogen-bond donors (Lipinski definition) is 1. The number of aliphatic hydroxyl groups is 1. The highest BCUT2D eigenvalue weighted by Crippen LogP contribution is 2.27. The third kappa shape index (κ3) is 1.84. The maximum Gasteiger partial charge on any atom is 0.141 e. The Kier molecular flexibility index (Phi) is 2.62. The standard InChI is InChI=1S/C9H10N2OS2/c1-5-3-7(14-11-5)8(12)9-10-6(2)4-13-9/h3-4,8,12H,1-2H3. The van der Waals surface area contributed by atoms with Crippen LogP contribution in [0, 0.1) is 13.8 Å². The Morgan fingerprint density at radius 2 is 2.14 bits per heavy atom. The topological polar surface area (TPSA) is 46.0 Å². The van der Waals surface area contributed by atoms with Crippen LogP contribution in [-0.4, -0.2) is 14.5 Å². The SMILES string of the molecule is Cc1cc(C(O)c2nc(C)cs2)sn1. The molecule has 2 heterocycles. The van der Waals surface area contributed by atoms with Gasteiger partial charge in [-0.3, -0.25) is 0 Å². The zero-order valence-electron chi connectivity index (χ0n) is 7.89. The van der Waals surface area contributed by atoms with Crippen LogP contribution in [-0.2, 0) is 0 Å². The number of aliphatic hydroxyl groups excluding tert-OH is 1. The number of aryl methyl sites for hydroxylation is 2. The van der Waals surface area contributed by atoms with E-state index in [1.807, 2.05) is 25.3 Å². The van der Waals surface area contributed by atoms with E-state index in [1.165, 1.54) is 22.9 Å². The summed E-state index contributed by atoms with van der Waals surface area (Å²) in [7, 11) is 0. The lowest BCUT2D eigenvalue weighted by Crippen LogP contribution is -1.95. The Balaban J connectivity index is 2.28. The van der Waals surface area contributed by atoms with Gasteiger partial charge in [-0.1, -0.05) is 0 Å². The van der Waals surface area contributed by atoms with Crippen molar-refractivity contribution in [2.75, 3.05) is 0 Å². The summed E-state index contributed by atoms with van der Waals surface area (Å²) in [4.78, 5) is 5.10. The average molecular weight is 226 g/mol. The lowest BCUT2D eigenvalue weighted by Gasteiger charge is -2.01. The molecule has 0 saturated carbocycles. The lowest BCUT2D eigenvalue weighted by atomic mass is 10.3. The third-order valence-corrected chi connectivity index (χ3v) is 3.73. The van der Waals surface area contributed by atoms with Gasteiger partial charge in [0.25, 0.3) is 0 Å². The van der Waals surface area contributed by atoms with Crippen LogP contribution in [0.1, 0.15) is 27.4 Å². The Morgan fingerprint density at radius 3 is 2.64 bits per heavy atom. The van der Waals surface area contributed by atoms with Crippen molar-refractivity contribution in [1.29, 1.82) is 0 Å². The predicted octanol–water partition coefficient (Wildman–Crippen LogP) is 2.30. The van der Waals surface area contributed by atoms with Crippen LogP contribution >= 0.6 is 22.9 Å². The fourth-order valence-corrected chi connectivity index (χ4v) is 2.74. The first-order chi connectivity index (χ1) is 6.66. The molecule has 0 radical (unpaired) electrons. The van der Waals surface area contributed by atoms with Crippen molar-refractivity contribution < 1.29 is 5.11 Å². The van der Waals surface area contributed by atoms with Gasteiger partial charge < -0.3 is 5.11 Å². The molecule has 0 amide bonds. The maximum atomic E-state index is 9.94. The highest BCUT2D eigenvalue weighted by atomic mass is 32.1. The van der Waals surface area contributed by atoms with E-state index in [1.54, 1.807) is 0 Å². The molecule has 5 heteroatoms. The van der Waals surface area contributed by atoms with E-state index >= 15 is 0 Å². The monoisotopic (exact) mass is 226 g/mol. The van der Waals surface area contributed by atoms with Gasteiger partial charge in [-0.15, -0.1) is 11.3 Å². The summed E-state index contributed by atoms with van der Waals surface area (Å²) in [6, 6.07) is 1.89. The van der Waals surface area contributed by atoms with Crippen molar-refractivity contribution >= 4 is 22.9 Å². The van der Waals surface area contributed by atoms with E-state index in [9.17, 15) is 5.11 Å². The molecule has 2 rings (SSSR count). The van der Waals surface area contributed by atoms with Crippen molar-refractivity contribution in [1.82, 2.24) is 9.36 Å². The first kappa shape index (κ1) is 9.76. The molecule has 0 aromatic carbocycles. The van der Waals surface area contributed by atoms with Crippen LogP contribution in [0.5, 0.6) is 0 Å². The molecule has 1 unspecified atom stereocenters. The summed E-state index contributed by atoms with van der Waals surface area (Å²) in [6.45, 7) is 3.84. The Labute approximate surface area is 90.2 Å². The van der Waals surface area contributed by atoms with Gasteiger partial charge in [0.15, 0.2) is 0 Å². The van der Waals surface area contributed by atoms with E-state index in [0.717, 1.165) is 21.3 Å². The minimum absolute atomic E-state index is 0.611. The van der Waals surface area contributed by atoms with Crippen molar-refractivity contribution in [2.24, 2.45) is 0 Å². The molecule has 0 fully saturated rings. The van der Waals surface area contributed by atoms with Crippen LogP contribution in [0.25, 0.3) is 0 Å². The number of hydrogen-bond acceptors (Lipinski definition) is 5. The fourth-order valence-electron chi connectivity index (χ4n) is 1.13. The minimum Gasteiger partial charge on any atom is -0.380 e. The first-order valence-corrected chi connectivity index (χ1v) is 5.85. The van der Waals surface area contributed by atoms with Gasteiger partial charge in [0.05, 0.1) is 10.6 Å². The molecule has 0 aliphatic rings. The lowest BCUT2D eigenvalue weighted by molar-refractivity contribution is 0.223. The van der Waals surface area contributed by atoms with Gasteiger partial charge in [-0.25, -0.2) is 4.98 Å². The van der Waals surface area contributed by atoms with Crippen LogP contribution in [0.3, 0.4) is 0 Å². The van der Waals surface area contributed by atoms with Gasteiger partial charge in [0.2, 0.25) is 0 Å². The second-order valence-electron chi connectivity index (χ2n) is 3.10. The Hall–Kier alpha value is -0.780. The molecule has 0 aliphatic carbocycles. The quantitative estimate of drug-likeness (QED) is 0.854. The largest absolute Gasteiger partial charge is 0.380 e. The molecule has 74 valence electrons. The normalized spacial score (nSPS) is 13.1. The van der Waals surface area contributed by atoms with E-state index in [2.05, 4.69) is 9.36 Å². The molecule has 2 aromatic heterocycles. The van der Waals surface area contributed by atoms with E-state index in [4.69, 9.17) is 0 Å². The van der Waals surface area contributed by atoms with Crippen molar-refractivity contribution in [3.8, 4) is 0 Å². The van der Waals surface area contributed by atoms with E-state index in [0.29, 0.717) is 0 Å². The first-order valence-electron chi connectivity index (χ1n) is 4.20. The summed E-state index contributed by atoms with van der Waals surface area (Å²) in [5, 5.41) is 12.6. The zero-order chi connectivity index (χ0) is 10.1. The van der Waals surface area contributed by atoms with Crippen molar-refractivity contribution in [3.05, 3.63) is 32.7 Å². The molecule has 3 nitrogen and oxygen atoms in total. The molecule has 2 aromatic rings. The minimum atomic E-state index is -0.611. The smallest absolute Gasteiger partial charge is 0.141 e. The molecule has 0 bridgehead atoms. The molecule has 0 aliphatic heterocycles. The van der Waals surface area contributed by atoms with Crippen molar-refractivity contribution in [2.45, 2.75) is 20.0 Å². The van der Waals surface area contributed by atoms with Gasteiger partial charge in [-0.2, -0.15) is 4.37 Å². The predicted molar refractivity (Wildman–Crippen MR) is 57.8 cm³/mol. The van der Waals surface area contributed by atoms with Crippen LogP contribution < -0.4 is 0 Å². The second-order valence-corrected chi connectivity index (χ2v) is 4.83. The van der Waals surface area contributed by atoms with E-state index < -0.39 is 6.10 Å². The molecular weight excluding hydrogens is 216 g/mol. The number of nitrogens with zero attached hydrogens (tertiary/aromatic N) is 2. The number of aromatic nitrogens is 2. The molecule has 0 saturated heterocycles. The van der Waals surface area contributed by atoms with Gasteiger partial charge >= 0.3 is 0 Å². The fraction of sp³-hybridized carbons (Fsp3) is 0.333. The Bertz CT molecular complexity index is 395. The zero-order valence-corrected chi connectivity index (χ0v) is 9.52. The number of thiazole rings is 1. The van der Waals surface area contributed by atoms with Gasteiger partial charge in [0.1, 0.15) is 11.1 Å². The van der Waals surface area contributed by atoms with E-state index in [-0.39, 0.29) is 0 Å². The molecule has 1 N–H and O–H groups in total. The second kappa shape index (κ2) is 3.76. The summed E-state index contributed by atoms with van der Waals surface area (Å²) in [6.07, 6.45) is -0.611. The van der Waals surface area contributed by atoms with Crippen LogP contribution in [0.2, 0.25) is 0 Å². The number of rotatable bonds is 2. The summed E-state index contributed by atoms with van der Waals surface area (Å²) in [5.74, 6) is 0. The summed E-state index contributed by atoms with van der Waals surface area (Å²) in [5.41, 5.74) is 1.89.